The van der Waals surface area contributed by atoms with Crippen LogP contribution in [-0.4, -0.2) is 44.8 Å². The lowest BCUT2D eigenvalue weighted by molar-refractivity contribution is 0.0197. The first kappa shape index (κ1) is 20.4. The smallest absolute Gasteiger partial charge is 0.129 e. The van der Waals surface area contributed by atoms with Gasteiger partial charge in [0.15, 0.2) is 0 Å². The van der Waals surface area contributed by atoms with Crippen LogP contribution in [0.5, 0.6) is 11.5 Å². The molecule has 0 saturated heterocycles. The summed E-state index contributed by atoms with van der Waals surface area (Å²) in [6, 6.07) is 17.8. The molecule has 6 heteroatoms. The first-order chi connectivity index (χ1) is 14.6. The molecule has 1 fully saturated rings. The average molecular weight is 407 g/mol. The fraction of sp³-hybridized carbons (Fsp3) is 0.375. The number of aliphatic hydroxyl groups is 1. The van der Waals surface area contributed by atoms with Gasteiger partial charge >= 0.3 is 0 Å². The van der Waals surface area contributed by atoms with E-state index < -0.39 is 6.10 Å². The van der Waals surface area contributed by atoms with E-state index in [0.717, 1.165) is 48.7 Å². The fourth-order valence-electron chi connectivity index (χ4n) is 4.20. The minimum atomic E-state index is -0.453. The van der Waals surface area contributed by atoms with Gasteiger partial charge in [0.25, 0.3) is 0 Å². The Morgan fingerprint density at radius 2 is 1.93 bits per heavy atom. The van der Waals surface area contributed by atoms with Gasteiger partial charge < -0.3 is 19.7 Å². The molecule has 2 aromatic carbocycles. The summed E-state index contributed by atoms with van der Waals surface area (Å²) in [4.78, 5) is 6.63. The molecule has 0 amide bonds. The second-order valence-corrected chi connectivity index (χ2v) is 8.13. The Hall–Kier alpha value is -2.83. The number of hydrogen-bond acceptors (Lipinski definition) is 5. The summed E-state index contributed by atoms with van der Waals surface area (Å²) in [5.74, 6) is 1.59. The van der Waals surface area contributed by atoms with Crippen LogP contribution in [0, 0.1) is 0 Å². The number of ether oxygens (including phenoxy) is 1. The highest BCUT2D eigenvalue weighted by molar-refractivity contribution is 5.50. The average Bonchev–Trinajstić information content (AvgIpc) is 3.15. The van der Waals surface area contributed by atoms with Gasteiger partial charge in [0.05, 0.1) is 24.2 Å². The number of para-hydroxylation sites is 1. The zero-order valence-electron chi connectivity index (χ0n) is 17.6. The van der Waals surface area contributed by atoms with Crippen LogP contribution in [0.15, 0.2) is 67.1 Å². The molecule has 1 saturated carbocycles. The molecule has 4 rings (SSSR count). The molecule has 158 valence electrons. The first-order valence-electron chi connectivity index (χ1n) is 10.5. The number of likely N-dealkylation sites (N-methyl/N-ethyl adjacent to an activating group) is 1. The summed E-state index contributed by atoms with van der Waals surface area (Å²) in [5, 5.41) is 14.6. The quantitative estimate of drug-likeness (QED) is 0.620. The van der Waals surface area contributed by atoms with Crippen LogP contribution in [0.25, 0.3) is 0 Å². The molecule has 1 aliphatic rings. The largest absolute Gasteiger partial charge is 0.457 e. The number of nitrogens with one attached hydrogen (secondary N) is 1. The normalized spacial score (nSPS) is 21.5. The van der Waals surface area contributed by atoms with Crippen molar-refractivity contribution in [3.05, 3.63) is 72.8 Å². The Morgan fingerprint density at radius 3 is 2.70 bits per heavy atom. The number of aromatic nitrogens is 2. The van der Waals surface area contributed by atoms with E-state index in [1.807, 2.05) is 78.7 Å². The van der Waals surface area contributed by atoms with Crippen molar-refractivity contribution in [1.82, 2.24) is 14.5 Å². The van der Waals surface area contributed by atoms with E-state index in [4.69, 9.17) is 4.74 Å². The van der Waals surface area contributed by atoms with Gasteiger partial charge in [-0.05, 0) is 50.6 Å². The van der Waals surface area contributed by atoms with Crippen molar-refractivity contribution in [2.45, 2.75) is 44.0 Å². The molecule has 0 bridgehead atoms. The highest BCUT2D eigenvalue weighted by atomic mass is 16.5. The highest BCUT2D eigenvalue weighted by Gasteiger charge is 2.34. The Kier molecular flexibility index (Phi) is 6.35. The molecule has 0 unspecified atom stereocenters. The summed E-state index contributed by atoms with van der Waals surface area (Å²) < 4.78 is 7.90. The van der Waals surface area contributed by atoms with Crippen LogP contribution in [-0.2, 0) is 13.6 Å². The molecule has 0 aliphatic heterocycles. The third kappa shape index (κ3) is 5.01. The fourth-order valence-corrected chi connectivity index (χ4v) is 4.20. The number of hydrogen-bond donors (Lipinski definition) is 2. The number of aryl methyl sites for hydroxylation is 1. The minimum absolute atomic E-state index is 0.00177. The predicted molar refractivity (Wildman–Crippen MR) is 119 cm³/mol. The van der Waals surface area contributed by atoms with Gasteiger partial charge in [-0.15, -0.1) is 0 Å². The van der Waals surface area contributed by atoms with Crippen molar-refractivity contribution in [3.63, 3.8) is 0 Å². The van der Waals surface area contributed by atoms with E-state index in [-0.39, 0.29) is 12.1 Å². The molecule has 1 aromatic heterocycles. The van der Waals surface area contributed by atoms with Crippen molar-refractivity contribution in [2.24, 2.45) is 7.05 Å². The topological polar surface area (TPSA) is 62.6 Å². The van der Waals surface area contributed by atoms with Gasteiger partial charge in [0.1, 0.15) is 11.5 Å². The zero-order valence-corrected chi connectivity index (χ0v) is 17.6. The molecular weight excluding hydrogens is 376 g/mol. The molecular formula is C24H30N4O2. The number of imidazole rings is 1. The number of aliphatic hydroxyl groups excluding tert-OH is 1. The minimum Gasteiger partial charge on any atom is -0.457 e. The third-order valence-electron chi connectivity index (χ3n) is 5.72. The van der Waals surface area contributed by atoms with Gasteiger partial charge in [0, 0.05) is 37.6 Å². The monoisotopic (exact) mass is 406 g/mol. The van der Waals surface area contributed by atoms with E-state index in [0.29, 0.717) is 0 Å². The van der Waals surface area contributed by atoms with Crippen molar-refractivity contribution in [2.75, 3.05) is 12.4 Å². The molecule has 30 heavy (non-hydrogen) atoms. The SMILES string of the molecule is CN(Cc1cn(C)cn1)[C@@H]1CCC[C@@H](Nc2cccc(Oc3ccccc3)c2)[C@@H]1O. The maximum atomic E-state index is 11.1. The van der Waals surface area contributed by atoms with Gasteiger partial charge in [0.2, 0.25) is 0 Å². The molecule has 2 N–H and O–H groups in total. The number of rotatable bonds is 7. The Bertz CT molecular complexity index is 943. The third-order valence-corrected chi connectivity index (χ3v) is 5.72. The Labute approximate surface area is 178 Å². The van der Waals surface area contributed by atoms with Gasteiger partial charge in [-0.25, -0.2) is 4.98 Å². The van der Waals surface area contributed by atoms with Crippen LogP contribution in [0.1, 0.15) is 25.0 Å². The standard InChI is InChI=1S/C24H30N4O2/c1-27-15-19(25-17-27)16-28(2)23-13-7-12-22(24(23)29)26-18-8-6-11-21(14-18)30-20-9-4-3-5-10-20/h3-6,8-11,14-15,17,22-24,26,29H,7,12-13,16H2,1-2H3/t22-,23-,24+/m1/s1. The lowest BCUT2D eigenvalue weighted by Crippen LogP contribution is -2.52. The molecule has 1 aliphatic carbocycles. The van der Waals surface area contributed by atoms with E-state index in [1.54, 1.807) is 0 Å². The Balaban J connectivity index is 1.39. The lowest BCUT2D eigenvalue weighted by Gasteiger charge is -2.40. The number of benzene rings is 2. The summed E-state index contributed by atoms with van der Waals surface area (Å²) in [6.45, 7) is 0.732. The van der Waals surface area contributed by atoms with Crippen LogP contribution in [0.2, 0.25) is 0 Å². The Morgan fingerprint density at radius 1 is 1.13 bits per heavy atom. The van der Waals surface area contributed by atoms with E-state index >= 15 is 0 Å². The highest BCUT2D eigenvalue weighted by Crippen LogP contribution is 2.29. The summed E-state index contributed by atoms with van der Waals surface area (Å²) >= 11 is 0. The molecule has 3 atom stereocenters. The molecule has 0 radical (unpaired) electrons. The molecule has 0 spiro atoms. The molecule has 6 nitrogen and oxygen atoms in total. The van der Waals surface area contributed by atoms with Crippen LogP contribution in [0.4, 0.5) is 5.69 Å². The lowest BCUT2D eigenvalue weighted by atomic mass is 9.87. The first-order valence-corrected chi connectivity index (χ1v) is 10.5. The number of anilines is 1. The van der Waals surface area contributed by atoms with Gasteiger partial charge in [-0.2, -0.15) is 0 Å². The van der Waals surface area contributed by atoms with E-state index in [1.165, 1.54) is 0 Å². The van der Waals surface area contributed by atoms with E-state index in [9.17, 15) is 5.11 Å². The molecule has 3 aromatic rings. The second-order valence-electron chi connectivity index (χ2n) is 8.13. The van der Waals surface area contributed by atoms with Gasteiger partial charge in [-0.3, -0.25) is 4.90 Å². The predicted octanol–water partition coefficient (Wildman–Crippen LogP) is 4.04. The zero-order chi connectivity index (χ0) is 20.9. The van der Waals surface area contributed by atoms with Crippen molar-refractivity contribution >= 4 is 5.69 Å². The van der Waals surface area contributed by atoms with Gasteiger partial charge in [-0.1, -0.05) is 24.3 Å². The maximum absolute atomic E-state index is 11.1. The van der Waals surface area contributed by atoms with Crippen molar-refractivity contribution in [1.29, 1.82) is 0 Å². The summed E-state index contributed by atoms with van der Waals surface area (Å²) in [5.41, 5.74) is 1.98. The van der Waals surface area contributed by atoms with Crippen molar-refractivity contribution < 1.29 is 9.84 Å². The van der Waals surface area contributed by atoms with E-state index in [2.05, 4.69) is 22.2 Å². The van der Waals surface area contributed by atoms with Crippen LogP contribution in [0.3, 0.4) is 0 Å². The van der Waals surface area contributed by atoms with Crippen LogP contribution < -0.4 is 10.1 Å². The second kappa shape index (κ2) is 9.32. The molecule has 1 heterocycles. The number of nitrogens with zero attached hydrogens (tertiary/aromatic N) is 3. The van der Waals surface area contributed by atoms with Crippen molar-refractivity contribution in [3.8, 4) is 11.5 Å². The summed E-state index contributed by atoms with van der Waals surface area (Å²) in [6.07, 6.45) is 6.39. The summed E-state index contributed by atoms with van der Waals surface area (Å²) in [7, 11) is 4.04. The maximum Gasteiger partial charge on any atom is 0.129 e. The van der Waals surface area contributed by atoms with Crippen LogP contribution >= 0.6 is 0 Å².